The van der Waals surface area contributed by atoms with Gasteiger partial charge in [-0.1, -0.05) is 0 Å². The Hall–Kier alpha value is -0.900. The van der Waals surface area contributed by atoms with Crippen LogP contribution in [0.2, 0.25) is 0 Å². The molecule has 2 bridgehead atoms. The van der Waals surface area contributed by atoms with Crippen LogP contribution in [0, 0.1) is 10.8 Å². The van der Waals surface area contributed by atoms with Gasteiger partial charge in [-0.2, -0.15) is 0 Å². The van der Waals surface area contributed by atoms with Gasteiger partial charge in [0.05, 0.1) is 12.2 Å². The zero-order chi connectivity index (χ0) is 10.1. The van der Waals surface area contributed by atoms with Crippen LogP contribution >= 0.6 is 0 Å². The third-order valence-corrected chi connectivity index (χ3v) is 4.42. The van der Waals surface area contributed by atoms with Crippen molar-refractivity contribution in [1.82, 2.24) is 0 Å². The highest BCUT2D eigenvalue weighted by Gasteiger charge is 2.76. The third-order valence-electron chi connectivity index (χ3n) is 4.42. The van der Waals surface area contributed by atoms with E-state index in [1.807, 2.05) is 0 Å². The van der Waals surface area contributed by atoms with E-state index in [0.717, 1.165) is 12.8 Å². The minimum absolute atomic E-state index is 0.128. The molecule has 4 nitrogen and oxygen atoms in total. The van der Waals surface area contributed by atoms with E-state index in [1.165, 1.54) is 0 Å². The molecule has 3 aliphatic heterocycles. The van der Waals surface area contributed by atoms with Crippen LogP contribution in [0.25, 0.3) is 0 Å². The summed E-state index contributed by atoms with van der Waals surface area (Å²) in [7, 11) is 0. The molecule has 0 aromatic heterocycles. The fourth-order valence-electron chi connectivity index (χ4n) is 3.14. The van der Waals surface area contributed by atoms with Crippen molar-refractivity contribution in [2.75, 3.05) is 0 Å². The second kappa shape index (κ2) is 2.03. The van der Waals surface area contributed by atoms with E-state index >= 15 is 0 Å². The van der Waals surface area contributed by atoms with Crippen molar-refractivity contribution in [2.24, 2.45) is 10.8 Å². The molecule has 0 aromatic rings. The average Bonchev–Trinajstić information content (AvgIpc) is 2.73. The number of cyclic esters (lactones) is 2. The van der Waals surface area contributed by atoms with Crippen LogP contribution in [0.5, 0.6) is 0 Å². The smallest absolute Gasteiger partial charge is 0.323 e. The first kappa shape index (κ1) is 8.41. The summed E-state index contributed by atoms with van der Waals surface area (Å²) < 4.78 is 10.4. The van der Waals surface area contributed by atoms with E-state index in [1.54, 1.807) is 13.8 Å². The van der Waals surface area contributed by atoms with E-state index in [0.29, 0.717) is 0 Å². The van der Waals surface area contributed by atoms with E-state index in [-0.39, 0.29) is 12.2 Å². The van der Waals surface area contributed by atoms with Gasteiger partial charge in [0.15, 0.2) is 0 Å². The van der Waals surface area contributed by atoms with E-state index in [2.05, 4.69) is 0 Å². The highest BCUT2D eigenvalue weighted by atomic mass is 16.6. The Morgan fingerprint density at radius 2 is 1.50 bits per heavy atom. The number of carbonyl (C=O) groups is 2. The largest absolute Gasteiger partial charge is 0.392 e. The monoisotopic (exact) mass is 196 g/mol. The minimum atomic E-state index is -0.743. The molecule has 0 saturated carbocycles. The average molecular weight is 196 g/mol. The number of hydrogen-bond acceptors (Lipinski definition) is 4. The molecule has 3 aliphatic rings. The fourth-order valence-corrected chi connectivity index (χ4v) is 3.14. The molecule has 4 atom stereocenters. The lowest BCUT2D eigenvalue weighted by atomic mass is 9.59. The van der Waals surface area contributed by atoms with Crippen molar-refractivity contribution in [1.29, 1.82) is 0 Å². The van der Waals surface area contributed by atoms with Gasteiger partial charge in [0.2, 0.25) is 0 Å². The van der Waals surface area contributed by atoms with Crippen LogP contribution in [0.3, 0.4) is 0 Å². The van der Waals surface area contributed by atoms with Gasteiger partial charge >= 0.3 is 11.9 Å². The number of carbonyl (C=O) groups excluding carboxylic acids is 2. The summed E-state index contributed by atoms with van der Waals surface area (Å²) in [5, 5.41) is 0. The number of fused-ring (bicyclic) bond motifs is 5. The Kier molecular flexibility index (Phi) is 1.22. The Bertz CT molecular complexity index is 318. The van der Waals surface area contributed by atoms with Gasteiger partial charge in [0.25, 0.3) is 0 Å². The molecule has 3 fully saturated rings. The molecule has 0 N–H and O–H groups in total. The lowest BCUT2D eigenvalue weighted by molar-refractivity contribution is -0.159. The molecule has 0 radical (unpaired) electrons. The van der Waals surface area contributed by atoms with E-state index in [9.17, 15) is 9.59 Å². The Morgan fingerprint density at radius 3 is 1.93 bits per heavy atom. The molecule has 14 heavy (non-hydrogen) atoms. The zero-order valence-corrected chi connectivity index (χ0v) is 8.20. The first-order chi connectivity index (χ1) is 6.51. The predicted molar refractivity (Wildman–Crippen MR) is 45.2 cm³/mol. The van der Waals surface area contributed by atoms with Crippen molar-refractivity contribution in [3.63, 3.8) is 0 Å². The number of rotatable bonds is 0. The summed E-state index contributed by atoms with van der Waals surface area (Å²) in [4.78, 5) is 23.3. The molecule has 3 saturated heterocycles. The molecule has 0 spiro atoms. The maximum absolute atomic E-state index is 11.7. The number of ether oxygens (including phenoxy) is 2. The van der Waals surface area contributed by atoms with Gasteiger partial charge in [-0.25, -0.2) is 0 Å². The van der Waals surface area contributed by atoms with E-state index in [4.69, 9.17) is 9.47 Å². The Morgan fingerprint density at radius 1 is 1.07 bits per heavy atom. The van der Waals surface area contributed by atoms with Crippen LogP contribution < -0.4 is 0 Å². The molecule has 3 rings (SSSR count). The third kappa shape index (κ3) is 0.557. The quantitative estimate of drug-likeness (QED) is 0.421. The SMILES string of the molecule is C[C@@]12C(=O)OC(=O)[C@]1(C)[C@@H]1CC[C@@H]2O1. The summed E-state index contributed by atoms with van der Waals surface area (Å²) in [5.41, 5.74) is -1.49. The molecule has 3 heterocycles. The summed E-state index contributed by atoms with van der Waals surface area (Å²) >= 11 is 0. The predicted octanol–water partition coefficient (Wildman–Crippen LogP) is 0.644. The summed E-state index contributed by atoms with van der Waals surface area (Å²) in [6.07, 6.45) is 1.46. The van der Waals surface area contributed by atoms with Crippen molar-refractivity contribution in [3.8, 4) is 0 Å². The Labute approximate surface area is 81.6 Å². The summed E-state index contributed by atoms with van der Waals surface area (Å²) in [6, 6.07) is 0. The van der Waals surface area contributed by atoms with Gasteiger partial charge in [0.1, 0.15) is 10.8 Å². The molecular weight excluding hydrogens is 184 g/mol. The molecule has 0 unspecified atom stereocenters. The topological polar surface area (TPSA) is 52.6 Å². The fraction of sp³-hybridized carbons (Fsp3) is 0.800. The molecule has 0 aromatic carbocycles. The van der Waals surface area contributed by atoms with Gasteiger partial charge in [-0.05, 0) is 26.7 Å². The van der Waals surface area contributed by atoms with Crippen molar-refractivity contribution < 1.29 is 19.1 Å². The second-order valence-electron chi connectivity index (χ2n) is 4.77. The second-order valence-corrected chi connectivity index (χ2v) is 4.77. The Balaban J connectivity index is 2.21. The van der Waals surface area contributed by atoms with Gasteiger partial charge in [-0.15, -0.1) is 0 Å². The molecule has 0 aliphatic carbocycles. The highest BCUT2D eigenvalue weighted by molar-refractivity contribution is 6.03. The standard InChI is InChI=1S/C10H12O4/c1-9-5-3-4-6(13-5)10(9,2)8(12)14-7(9)11/h5-6H,3-4H2,1-2H3/t5-,6-,9-,10+/m0/s1. The molecule has 76 valence electrons. The van der Waals surface area contributed by atoms with Gasteiger partial charge < -0.3 is 9.47 Å². The van der Waals surface area contributed by atoms with Crippen LogP contribution in [0.4, 0.5) is 0 Å². The van der Waals surface area contributed by atoms with Crippen LogP contribution in [0.15, 0.2) is 0 Å². The first-order valence-electron chi connectivity index (χ1n) is 4.93. The molecular formula is C10H12O4. The van der Waals surface area contributed by atoms with Gasteiger partial charge in [-0.3, -0.25) is 9.59 Å². The lowest BCUT2D eigenvalue weighted by Gasteiger charge is -2.34. The lowest BCUT2D eigenvalue weighted by Crippen LogP contribution is -2.48. The maximum Gasteiger partial charge on any atom is 0.323 e. The van der Waals surface area contributed by atoms with Crippen LogP contribution in [-0.4, -0.2) is 24.1 Å². The molecule has 0 amide bonds. The normalized spacial score (nSPS) is 55.0. The first-order valence-corrected chi connectivity index (χ1v) is 4.93. The highest BCUT2D eigenvalue weighted by Crippen LogP contribution is 2.63. The van der Waals surface area contributed by atoms with Crippen LogP contribution in [0.1, 0.15) is 26.7 Å². The van der Waals surface area contributed by atoms with E-state index < -0.39 is 22.8 Å². The maximum atomic E-state index is 11.7. The van der Waals surface area contributed by atoms with Crippen molar-refractivity contribution in [2.45, 2.75) is 38.9 Å². The number of hydrogen-bond donors (Lipinski definition) is 0. The van der Waals surface area contributed by atoms with Crippen molar-refractivity contribution in [3.05, 3.63) is 0 Å². The van der Waals surface area contributed by atoms with Crippen molar-refractivity contribution >= 4 is 11.9 Å². The van der Waals surface area contributed by atoms with Crippen LogP contribution in [-0.2, 0) is 19.1 Å². The minimum Gasteiger partial charge on any atom is -0.392 e. The summed E-state index contributed by atoms with van der Waals surface area (Å²) in [5.74, 6) is -0.811. The van der Waals surface area contributed by atoms with Gasteiger partial charge in [0, 0.05) is 0 Å². The molecule has 4 heteroatoms. The summed E-state index contributed by atoms with van der Waals surface area (Å²) in [6.45, 7) is 3.59. The zero-order valence-electron chi connectivity index (χ0n) is 8.20. The number of esters is 2.